The largest absolute Gasteiger partial charge is 0.383 e. The zero-order valence-electron chi connectivity index (χ0n) is 6.51. The smallest absolute Gasteiger partial charge is 0.312 e. The Bertz CT molecular complexity index is 382. The summed E-state index contributed by atoms with van der Waals surface area (Å²) in [6.07, 6.45) is 0. The maximum absolute atomic E-state index is 10.5. The van der Waals surface area contributed by atoms with Gasteiger partial charge in [0.1, 0.15) is 5.82 Å². The fraction of sp³-hybridized carbons (Fsp3) is 0. The molecule has 0 aliphatic carbocycles. The van der Waals surface area contributed by atoms with Crippen LogP contribution in [-0.2, 0) is 10.1 Å². The second-order valence-electron chi connectivity index (χ2n) is 1.96. The molecule has 0 amide bonds. The molecule has 13 heavy (non-hydrogen) atoms. The summed E-state index contributed by atoms with van der Waals surface area (Å²) in [5.74, 6) is -0.419. The van der Waals surface area contributed by atoms with Crippen molar-refractivity contribution in [3.8, 4) is 0 Å². The second kappa shape index (κ2) is 3.51. The van der Waals surface area contributed by atoms with Crippen molar-refractivity contribution in [2.45, 2.75) is 5.03 Å². The molecule has 0 radical (unpaired) electrons. The van der Waals surface area contributed by atoms with Gasteiger partial charge in [-0.15, -0.1) is 0 Å². The molecule has 1 aromatic rings. The van der Waals surface area contributed by atoms with E-state index in [0.717, 1.165) is 6.07 Å². The Kier molecular flexibility index (Phi) is 3.12. The Morgan fingerprint density at radius 3 is 2.23 bits per heavy atom. The van der Waals surface area contributed by atoms with Crippen LogP contribution in [0, 0.1) is 0 Å². The summed E-state index contributed by atoms with van der Waals surface area (Å²) >= 11 is 0. The van der Waals surface area contributed by atoms with Crippen LogP contribution < -0.4 is 17.6 Å². The molecule has 1 rings (SSSR count). The first-order chi connectivity index (χ1) is 5.39. The number of hydrogen-bond acceptors (Lipinski definition) is 7. The van der Waals surface area contributed by atoms with Crippen molar-refractivity contribution in [3.63, 3.8) is 0 Å². The number of anilines is 2. The van der Waals surface area contributed by atoms with E-state index in [-0.39, 0.29) is 17.9 Å². The van der Waals surface area contributed by atoms with Gasteiger partial charge in [0.25, 0.3) is 0 Å². The lowest BCUT2D eigenvalue weighted by Crippen LogP contribution is -2.07. The molecule has 8 nitrogen and oxygen atoms in total. The highest BCUT2D eigenvalue weighted by Gasteiger charge is 2.12. The SMILES string of the molecule is N.Nc1cc(S(=O)(=O)O)nc(N)n1. The molecule has 74 valence electrons. The van der Waals surface area contributed by atoms with Crippen molar-refractivity contribution in [2.75, 3.05) is 11.5 Å². The van der Waals surface area contributed by atoms with Gasteiger partial charge in [0.05, 0.1) is 0 Å². The zero-order valence-corrected chi connectivity index (χ0v) is 7.32. The summed E-state index contributed by atoms with van der Waals surface area (Å²) in [5.41, 5.74) is 10.2. The monoisotopic (exact) mass is 207 g/mol. The zero-order chi connectivity index (χ0) is 9.35. The highest BCUT2D eigenvalue weighted by molar-refractivity contribution is 7.85. The average Bonchev–Trinajstić information content (AvgIpc) is 1.82. The van der Waals surface area contributed by atoms with E-state index >= 15 is 0 Å². The summed E-state index contributed by atoms with van der Waals surface area (Å²) in [4.78, 5) is 6.67. The predicted molar refractivity (Wildman–Crippen MR) is 45.7 cm³/mol. The standard InChI is InChI=1S/C4H6N4O3S.H3N/c5-2-1-3(12(9,10)11)8-4(6)7-2;/h1H,(H,9,10,11)(H4,5,6,7,8);1H3. The van der Waals surface area contributed by atoms with E-state index in [2.05, 4.69) is 9.97 Å². The number of rotatable bonds is 1. The number of hydrogen-bond donors (Lipinski definition) is 4. The first kappa shape index (κ1) is 11.6. The van der Waals surface area contributed by atoms with Gasteiger partial charge in [-0.1, -0.05) is 0 Å². The van der Waals surface area contributed by atoms with Crippen molar-refractivity contribution in [1.82, 2.24) is 16.1 Å². The number of nitrogen functional groups attached to an aromatic ring is 2. The van der Waals surface area contributed by atoms with Crippen molar-refractivity contribution >= 4 is 21.9 Å². The van der Waals surface area contributed by atoms with Crippen LogP contribution in [0.1, 0.15) is 0 Å². The van der Waals surface area contributed by atoms with Crippen LogP contribution >= 0.6 is 0 Å². The normalized spacial score (nSPS) is 10.5. The van der Waals surface area contributed by atoms with Gasteiger partial charge in [0, 0.05) is 6.07 Å². The molecule has 0 saturated heterocycles. The van der Waals surface area contributed by atoms with E-state index in [1.54, 1.807) is 0 Å². The average molecular weight is 207 g/mol. The lowest BCUT2D eigenvalue weighted by Gasteiger charge is -1.98. The molecule has 9 heteroatoms. The Labute approximate surface area is 74.3 Å². The van der Waals surface area contributed by atoms with Gasteiger partial charge in [-0.3, -0.25) is 4.55 Å². The van der Waals surface area contributed by atoms with Gasteiger partial charge in [0.2, 0.25) is 5.95 Å². The number of nitrogens with two attached hydrogens (primary N) is 2. The molecular formula is C4H9N5O3S. The second-order valence-corrected chi connectivity index (χ2v) is 3.33. The van der Waals surface area contributed by atoms with Crippen LogP contribution in [0.15, 0.2) is 11.1 Å². The summed E-state index contributed by atoms with van der Waals surface area (Å²) < 4.78 is 29.5. The molecule has 1 heterocycles. The van der Waals surface area contributed by atoms with Crippen LogP contribution in [0.2, 0.25) is 0 Å². The van der Waals surface area contributed by atoms with E-state index in [4.69, 9.17) is 16.0 Å². The van der Waals surface area contributed by atoms with Crippen LogP contribution in [-0.4, -0.2) is 22.9 Å². The Morgan fingerprint density at radius 2 is 1.85 bits per heavy atom. The minimum absolute atomic E-state index is 0. The summed E-state index contributed by atoms with van der Waals surface area (Å²) in [5, 5.41) is -0.604. The summed E-state index contributed by atoms with van der Waals surface area (Å²) in [7, 11) is -4.36. The molecule has 0 bridgehead atoms. The van der Waals surface area contributed by atoms with Gasteiger partial charge >= 0.3 is 10.1 Å². The highest BCUT2D eigenvalue weighted by atomic mass is 32.2. The van der Waals surface area contributed by atoms with E-state index < -0.39 is 15.1 Å². The Balaban J connectivity index is 0.00000144. The first-order valence-electron chi connectivity index (χ1n) is 2.77. The quantitative estimate of drug-likeness (QED) is 0.337. The molecule has 0 saturated carbocycles. The van der Waals surface area contributed by atoms with E-state index in [0.29, 0.717) is 0 Å². The third-order valence-electron chi connectivity index (χ3n) is 1.00. The lowest BCUT2D eigenvalue weighted by atomic mass is 10.6. The highest BCUT2D eigenvalue weighted by Crippen LogP contribution is 2.09. The number of aromatic nitrogens is 2. The lowest BCUT2D eigenvalue weighted by molar-refractivity contribution is 0.479. The molecular weight excluding hydrogens is 198 g/mol. The molecule has 0 spiro atoms. The van der Waals surface area contributed by atoms with Gasteiger partial charge in [0.15, 0.2) is 5.03 Å². The van der Waals surface area contributed by atoms with E-state index in [9.17, 15) is 8.42 Å². The minimum atomic E-state index is -4.36. The van der Waals surface area contributed by atoms with Crippen molar-refractivity contribution in [3.05, 3.63) is 6.07 Å². The molecule has 8 N–H and O–H groups in total. The van der Waals surface area contributed by atoms with Gasteiger partial charge in [-0.25, -0.2) is 0 Å². The van der Waals surface area contributed by atoms with Crippen molar-refractivity contribution in [2.24, 2.45) is 0 Å². The van der Waals surface area contributed by atoms with Gasteiger partial charge < -0.3 is 17.6 Å². The van der Waals surface area contributed by atoms with E-state index in [1.807, 2.05) is 0 Å². The third kappa shape index (κ3) is 2.82. The van der Waals surface area contributed by atoms with Crippen LogP contribution in [0.25, 0.3) is 0 Å². The maximum atomic E-state index is 10.5. The molecule has 0 aliphatic heterocycles. The predicted octanol–water partition coefficient (Wildman–Crippen LogP) is -0.950. The van der Waals surface area contributed by atoms with Crippen LogP contribution in [0.5, 0.6) is 0 Å². The molecule has 0 aliphatic rings. The first-order valence-corrected chi connectivity index (χ1v) is 4.21. The fourth-order valence-corrected chi connectivity index (χ4v) is 1.07. The maximum Gasteiger partial charge on any atom is 0.312 e. The van der Waals surface area contributed by atoms with Crippen molar-refractivity contribution in [1.29, 1.82) is 0 Å². The Hall–Kier alpha value is -1.45. The molecule has 1 aromatic heterocycles. The molecule has 0 atom stereocenters. The summed E-state index contributed by atoms with van der Waals surface area (Å²) in [6, 6.07) is 0.908. The third-order valence-corrected chi connectivity index (χ3v) is 1.74. The van der Waals surface area contributed by atoms with Crippen LogP contribution in [0.4, 0.5) is 11.8 Å². The molecule has 0 aromatic carbocycles. The number of nitrogens with zero attached hydrogens (tertiary/aromatic N) is 2. The van der Waals surface area contributed by atoms with Crippen molar-refractivity contribution < 1.29 is 13.0 Å². The fourth-order valence-electron chi connectivity index (χ4n) is 0.593. The van der Waals surface area contributed by atoms with E-state index in [1.165, 1.54) is 0 Å². The van der Waals surface area contributed by atoms with Gasteiger partial charge in [-0.2, -0.15) is 18.4 Å². The molecule has 0 fully saturated rings. The minimum Gasteiger partial charge on any atom is -0.383 e. The Morgan fingerprint density at radius 1 is 1.31 bits per heavy atom. The topological polar surface area (TPSA) is 167 Å². The van der Waals surface area contributed by atoms with Gasteiger partial charge in [-0.05, 0) is 0 Å². The van der Waals surface area contributed by atoms with Crippen LogP contribution in [0.3, 0.4) is 0 Å². The summed E-state index contributed by atoms with van der Waals surface area (Å²) in [6.45, 7) is 0. The molecule has 0 unspecified atom stereocenters.